The lowest BCUT2D eigenvalue weighted by Gasteiger charge is -2.29. The van der Waals surface area contributed by atoms with Crippen LogP contribution in [0.5, 0.6) is 0 Å². The van der Waals surface area contributed by atoms with Gasteiger partial charge in [-0.15, -0.1) is 5.11 Å². The highest BCUT2D eigenvalue weighted by atomic mass is 16.5. The first kappa shape index (κ1) is 14.3. The molecule has 116 valence electrons. The van der Waals surface area contributed by atoms with E-state index in [0.29, 0.717) is 11.5 Å². The summed E-state index contributed by atoms with van der Waals surface area (Å²) in [6, 6.07) is 6.08. The van der Waals surface area contributed by atoms with Crippen LogP contribution >= 0.6 is 0 Å². The van der Waals surface area contributed by atoms with E-state index in [2.05, 4.69) is 31.4 Å². The van der Waals surface area contributed by atoms with Crippen LogP contribution in [0.4, 0.5) is 28.7 Å². The summed E-state index contributed by atoms with van der Waals surface area (Å²) in [4.78, 5) is 2.30. The van der Waals surface area contributed by atoms with Gasteiger partial charge in [0.15, 0.2) is 11.5 Å². The second kappa shape index (κ2) is 6.02. The SMILES string of the molecule is Cc1cc(N2CCOCC2)ccc1N=Nc1c(N)n[nH]c1N. The number of ether oxygens (including phenoxy) is 1. The molecule has 0 radical (unpaired) electrons. The van der Waals surface area contributed by atoms with Crippen molar-refractivity contribution in [2.24, 2.45) is 10.2 Å². The molecule has 1 saturated heterocycles. The van der Waals surface area contributed by atoms with Gasteiger partial charge in [0.05, 0.1) is 18.9 Å². The number of nitrogen functional groups attached to an aromatic ring is 2. The molecule has 1 aromatic heterocycles. The summed E-state index contributed by atoms with van der Waals surface area (Å²) in [7, 11) is 0. The lowest BCUT2D eigenvalue weighted by Crippen LogP contribution is -2.36. The van der Waals surface area contributed by atoms with Crippen molar-refractivity contribution in [3.8, 4) is 0 Å². The van der Waals surface area contributed by atoms with Gasteiger partial charge in [-0.05, 0) is 30.7 Å². The quantitative estimate of drug-likeness (QED) is 0.750. The molecule has 0 saturated carbocycles. The predicted molar refractivity (Wildman–Crippen MR) is 85.8 cm³/mol. The first-order valence-electron chi connectivity index (χ1n) is 7.09. The van der Waals surface area contributed by atoms with Crippen molar-refractivity contribution in [1.29, 1.82) is 0 Å². The molecule has 22 heavy (non-hydrogen) atoms. The van der Waals surface area contributed by atoms with Gasteiger partial charge in [0, 0.05) is 18.8 Å². The molecule has 1 aliphatic rings. The Hall–Kier alpha value is -2.61. The lowest BCUT2D eigenvalue weighted by molar-refractivity contribution is 0.122. The fourth-order valence-corrected chi connectivity index (χ4v) is 2.34. The van der Waals surface area contributed by atoms with Crippen LogP contribution in [-0.4, -0.2) is 36.5 Å². The maximum atomic E-state index is 5.69. The number of azo groups is 1. The molecule has 0 aliphatic carbocycles. The number of H-pyrrole nitrogens is 1. The van der Waals surface area contributed by atoms with Gasteiger partial charge in [0.2, 0.25) is 0 Å². The number of aromatic nitrogens is 2. The van der Waals surface area contributed by atoms with Crippen LogP contribution in [0, 0.1) is 6.92 Å². The van der Waals surface area contributed by atoms with Gasteiger partial charge >= 0.3 is 0 Å². The summed E-state index contributed by atoms with van der Waals surface area (Å²) >= 11 is 0. The number of aryl methyl sites for hydroxylation is 1. The van der Waals surface area contributed by atoms with Gasteiger partial charge in [-0.2, -0.15) is 10.2 Å². The van der Waals surface area contributed by atoms with E-state index in [-0.39, 0.29) is 5.82 Å². The van der Waals surface area contributed by atoms with Gasteiger partial charge in [-0.25, -0.2) is 0 Å². The van der Waals surface area contributed by atoms with Crippen LogP contribution < -0.4 is 16.4 Å². The normalized spacial score (nSPS) is 15.6. The third kappa shape index (κ3) is 2.86. The minimum atomic E-state index is 0.240. The Morgan fingerprint density at radius 1 is 1.23 bits per heavy atom. The smallest absolute Gasteiger partial charge is 0.175 e. The summed E-state index contributed by atoms with van der Waals surface area (Å²) in [5, 5.41) is 14.7. The van der Waals surface area contributed by atoms with Crippen LogP contribution in [0.1, 0.15) is 5.56 Å². The Kier molecular flexibility index (Phi) is 3.92. The van der Waals surface area contributed by atoms with Crippen molar-refractivity contribution in [3.63, 3.8) is 0 Å². The van der Waals surface area contributed by atoms with E-state index < -0.39 is 0 Å². The summed E-state index contributed by atoms with van der Waals surface area (Å²) in [6.45, 7) is 5.34. The van der Waals surface area contributed by atoms with E-state index >= 15 is 0 Å². The molecule has 1 fully saturated rings. The zero-order valence-electron chi connectivity index (χ0n) is 12.4. The zero-order chi connectivity index (χ0) is 15.5. The number of nitrogens with zero attached hydrogens (tertiary/aromatic N) is 4. The largest absolute Gasteiger partial charge is 0.382 e. The van der Waals surface area contributed by atoms with Gasteiger partial charge in [0.25, 0.3) is 0 Å². The molecule has 1 aromatic carbocycles. The van der Waals surface area contributed by atoms with Crippen LogP contribution in [0.2, 0.25) is 0 Å². The number of nitrogens with two attached hydrogens (primary N) is 2. The van der Waals surface area contributed by atoms with E-state index in [4.69, 9.17) is 16.2 Å². The van der Waals surface area contributed by atoms with Crippen molar-refractivity contribution in [2.45, 2.75) is 6.92 Å². The number of nitrogens with one attached hydrogen (secondary N) is 1. The molecule has 8 nitrogen and oxygen atoms in total. The van der Waals surface area contributed by atoms with Gasteiger partial charge in [-0.3, -0.25) is 5.10 Å². The molecule has 0 spiro atoms. The number of hydrogen-bond donors (Lipinski definition) is 3. The average Bonchev–Trinajstić information content (AvgIpc) is 2.86. The molecule has 2 aromatic rings. The Morgan fingerprint density at radius 3 is 2.64 bits per heavy atom. The maximum absolute atomic E-state index is 5.69. The second-order valence-corrected chi connectivity index (χ2v) is 5.14. The minimum Gasteiger partial charge on any atom is -0.382 e. The Balaban J connectivity index is 1.80. The molecule has 8 heteroatoms. The first-order valence-corrected chi connectivity index (χ1v) is 7.09. The number of rotatable bonds is 3. The minimum absolute atomic E-state index is 0.240. The van der Waals surface area contributed by atoms with E-state index in [0.717, 1.165) is 37.6 Å². The van der Waals surface area contributed by atoms with Gasteiger partial charge in [-0.1, -0.05) is 0 Å². The monoisotopic (exact) mass is 301 g/mol. The summed E-state index contributed by atoms with van der Waals surface area (Å²) in [6.07, 6.45) is 0. The second-order valence-electron chi connectivity index (χ2n) is 5.14. The zero-order valence-corrected chi connectivity index (χ0v) is 12.4. The fraction of sp³-hybridized carbons (Fsp3) is 0.357. The van der Waals surface area contributed by atoms with E-state index in [1.807, 2.05) is 19.1 Å². The third-order valence-electron chi connectivity index (χ3n) is 3.61. The third-order valence-corrected chi connectivity index (χ3v) is 3.61. The molecule has 0 bridgehead atoms. The maximum Gasteiger partial charge on any atom is 0.175 e. The summed E-state index contributed by atoms with van der Waals surface area (Å²) < 4.78 is 5.37. The van der Waals surface area contributed by atoms with Crippen molar-refractivity contribution in [1.82, 2.24) is 10.2 Å². The van der Waals surface area contributed by atoms with Crippen molar-refractivity contribution in [3.05, 3.63) is 23.8 Å². The van der Waals surface area contributed by atoms with Gasteiger partial charge in [0.1, 0.15) is 5.82 Å². The molecule has 0 amide bonds. The van der Waals surface area contributed by atoms with Crippen LogP contribution in [0.25, 0.3) is 0 Å². The van der Waals surface area contributed by atoms with Crippen LogP contribution in [-0.2, 0) is 4.74 Å². The van der Waals surface area contributed by atoms with Gasteiger partial charge < -0.3 is 21.1 Å². The predicted octanol–water partition coefficient (Wildman–Crippen LogP) is 2.13. The topological polar surface area (TPSA) is 118 Å². The Morgan fingerprint density at radius 2 is 2.00 bits per heavy atom. The number of morpholine rings is 1. The molecule has 1 aliphatic heterocycles. The highest BCUT2D eigenvalue weighted by molar-refractivity contribution is 5.70. The standard InChI is InChI=1S/C14H19N7O/c1-9-8-10(21-4-6-22-7-5-21)2-3-11(9)17-18-12-13(15)19-20-14(12)16/h2-3,8H,4-7H2,1H3,(H5,15,16,19,20). The molecular formula is C14H19N7O. The highest BCUT2D eigenvalue weighted by Gasteiger charge is 2.12. The molecule has 2 heterocycles. The van der Waals surface area contributed by atoms with E-state index in [1.54, 1.807) is 0 Å². The van der Waals surface area contributed by atoms with Crippen LogP contribution in [0.15, 0.2) is 28.4 Å². The van der Waals surface area contributed by atoms with Crippen LogP contribution in [0.3, 0.4) is 0 Å². The fourth-order valence-electron chi connectivity index (χ4n) is 2.34. The molecule has 0 atom stereocenters. The Labute approximate surface area is 128 Å². The van der Waals surface area contributed by atoms with E-state index in [9.17, 15) is 0 Å². The molecule has 3 rings (SSSR count). The average molecular weight is 301 g/mol. The van der Waals surface area contributed by atoms with Crippen molar-refractivity contribution < 1.29 is 4.74 Å². The van der Waals surface area contributed by atoms with Crippen molar-refractivity contribution in [2.75, 3.05) is 42.7 Å². The number of hydrogen-bond acceptors (Lipinski definition) is 7. The molecule has 0 unspecified atom stereocenters. The molecular weight excluding hydrogens is 282 g/mol. The number of benzene rings is 1. The Bertz CT molecular complexity index is 669. The molecule has 5 N–H and O–H groups in total. The summed E-state index contributed by atoms with van der Waals surface area (Å²) in [5.74, 6) is 0.549. The first-order chi connectivity index (χ1) is 10.6. The number of aromatic amines is 1. The number of anilines is 3. The summed E-state index contributed by atoms with van der Waals surface area (Å²) in [5.41, 5.74) is 14.7. The highest BCUT2D eigenvalue weighted by Crippen LogP contribution is 2.30. The van der Waals surface area contributed by atoms with E-state index in [1.165, 1.54) is 5.69 Å². The lowest BCUT2D eigenvalue weighted by atomic mass is 10.1. The van der Waals surface area contributed by atoms with Crippen molar-refractivity contribution >= 4 is 28.7 Å².